The zero-order valence-electron chi connectivity index (χ0n) is 25.6. The van der Waals surface area contributed by atoms with Gasteiger partial charge in [0.15, 0.2) is 5.82 Å². The van der Waals surface area contributed by atoms with Gasteiger partial charge in [-0.2, -0.15) is 5.09 Å². The molecule has 2 heterocycles. The molecular weight excluding hydrogens is 573 g/mol. The Kier molecular flexibility index (Phi) is 9.96. The fraction of sp³-hybridized carbons (Fsp3) is 0.433. The van der Waals surface area contributed by atoms with E-state index in [2.05, 4.69) is 10.1 Å². The molecule has 2 aromatic carbocycles. The first-order valence-electron chi connectivity index (χ1n) is 14.1. The molecule has 0 saturated heterocycles. The van der Waals surface area contributed by atoms with Crippen molar-refractivity contribution in [2.45, 2.75) is 72.4 Å². The van der Waals surface area contributed by atoms with Crippen LogP contribution in [0.15, 0.2) is 48.5 Å². The molecule has 0 bridgehead atoms. The van der Waals surface area contributed by atoms with Crippen molar-refractivity contribution in [3.8, 4) is 11.5 Å². The van der Waals surface area contributed by atoms with E-state index in [0.717, 1.165) is 10.9 Å². The minimum absolute atomic E-state index is 0.213. The lowest BCUT2D eigenvalue weighted by Crippen LogP contribution is -2.39. The fourth-order valence-electron chi connectivity index (χ4n) is 4.47. The van der Waals surface area contributed by atoms with Gasteiger partial charge in [-0.25, -0.2) is 14.5 Å². The molecule has 0 aliphatic rings. The first-order valence-corrected chi connectivity index (χ1v) is 15.6. The Bertz CT molecular complexity index is 1620. The monoisotopic (exact) mass is 613 g/mol. The maximum absolute atomic E-state index is 14.3. The molecule has 0 spiro atoms. The summed E-state index contributed by atoms with van der Waals surface area (Å²) < 4.78 is 44.6. The van der Waals surface area contributed by atoms with Crippen LogP contribution < -0.4 is 20.1 Å². The minimum Gasteiger partial charge on any atom is -0.497 e. The summed E-state index contributed by atoms with van der Waals surface area (Å²) in [7, 11) is -2.62. The van der Waals surface area contributed by atoms with Crippen molar-refractivity contribution >= 4 is 41.5 Å². The molecule has 0 radical (unpaired) electrons. The van der Waals surface area contributed by atoms with Gasteiger partial charge < -0.3 is 29.0 Å². The number of methoxy groups -OCH3 is 1. The topological polar surface area (TPSA) is 149 Å². The molecule has 0 saturated carbocycles. The lowest BCUT2D eigenvalue weighted by molar-refractivity contribution is -0.156. The third-order valence-corrected chi connectivity index (χ3v) is 8.07. The molecule has 232 valence electrons. The molecule has 3 atom stereocenters. The van der Waals surface area contributed by atoms with Crippen LogP contribution in [0.25, 0.3) is 21.9 Å². The molecule has 1 unspecified atom stereocenters. The van der Waals surface area contributed by atoms with E-state index < -0.39 is 31.5 Å². The van der Waals surface area contributed by atoms with Gasteiger partial charge in [-0.15, -0.1) is 0 Å². The predicted molar refractivity (Wildman–Crippen MR) is 165 cm³/mol. The van der Waals surface area contributed by atoms with Crippen LogP contribution in [0, 0.1) is 0 Å². The number of para-hydroxylation sites is 1. The molecule has 2 aromatic heterocycles. The Balaban J connectivity index is 1.68. The number of pyridine rings is 1. The van der Waals surface area contributed by atoms with Crippen LogP contribution in [-0.2, 0) is 36.5 Å². The highest BCUT2D eigenvalue weighted by Gasteiger charge is 2.35. The van der Waals surface area contributed by atoms with Gasteiger partial charge in [0, 0.05) is 12.0 Å². The van der Waals surface area contributed by atoms with Crippen LogP contribution in [0.3, 0.4) is 0 Å². The minimum atomic E-state index is -4.16. The Morgan fingerprint density at radius 1 is 1.07 bits per heavy atom. The quantitative estimate of drug-likeness (QED) is 0.143. The average Bonchev–Trinajstić information content (AvgIpc) is 3.29. The SMILES string of the molecule is CCOCc1nc2c(N)nc3ccccc3c2n1C[C@@H](C)OP(=O)(N[C@@H](C)C(=O)OC(C)(C)C)Oc1ccc(OC)cc1. The molecule has 3 N–H and O–H groups in total. The van der Waals surface area contributed by atoms with Crippen molar-refractivity contribution in [2.24, 2.45) is 0 Å². The molecule has 0 amide bonds. The number of nitrogens with two attached hydrogens (primary N) is 1. The number of nitrogens with zero attached hydrogens (tertiary/aromatic N) is 3. The van der Waals surface area contributed by atoms with Gasteiger partial charge in [-0.3, -0.25) is 9.32 Å². The standard InChI is InChI=1S/C30H40N5O7P/c1-8-39-18-25-33-26-27(23-11-9-10-12-24(23)32-28(26)31)35(25)17-19(2)41-43(37,34-20(3)29(36)40-30(4,5)6)42-22-15-13-21(38-7)14-16-22/h9-16,19-20H,8,17-18H2,1-7H3,(H2,31,32)(H,34,37)/t19-,20+,43?/m1/s1. The number of carbonyl (C=O) groups is 1. The summed E-state index contributed by atoms with van der Waals surface area (Å²) >= 11 is 0. The second kappa shape index (κ2) is 13.3. The number of anilines is 1. The zero-order valence-corrected chi connectivity index (χ0v) is 26.5. The number of carbonyl (C=O) groups excluding carboxylic acids is 1. The number of imidazole rings is 1. The number of esters is 1. The van der Waals surface area contributed by atoms with Gasteiger partial charge in [-0.1, -0.05) is 18.2 Å². The average molecular weight is 614 g/mol. The summed E-state index contributed by atoms with van der Waals surface area (Å²) in [4.78, 5) is 22.0. The highest BCUT2D eigenvalue weighted by atomic mass is 31.2. The second-order valence-corrected chi connectivity index (χ2v) is 12.7. The van der Waals surface area contributed by atoms with E-state index in [1.807, 2.05) is 35.8 Å². The van der Waals surface area contributed by atoms with Crippen LogP contribution in [0.2, 0.25) is 0 Å². The number of benzene rings is 2. The Morgan fingerprint density at radius 2 is 1.74 bits per heavy atom. The largest absolute Gasteiger partial charge is 0.497 e. The highest BCUT2D eigenvalue weighted by molar-refractivity contribution is 7.52. The Hall–Kier alpha value is -3.70. The van der Waals surface area contributed by atoms with E-state index in [1.54, 1.807) is 59.1 Å². The summed E-state index contributed by atoms with van der Waals surface area (Å²) in [6.45, 7) is 11.4. The summed E-state index contributed by atoms with van der Waals surface area (Å²) in [5.74, 6) is 1.16. The smallest absolute Gasteiger partial charge is 0.459 e. The third kappa shape index (κ3) is 8.03. The van der Waals surface area contributed by atoms with Gasteiger partial charge in [0.2, 0.25) is 0 Å². The van der Waals surface area contributed by atoms with E-state index in [9.17, 15) is 9.36 Å². The van der Waals surface area contributed by atoms with Gasteiger partial charge in [0.05, 0.1) is 30.8 Å². The molecule has 43 heavy (non-hydrogen) atoms. The molecule has 0 aliphatic heterocycles. The van der Waals surface area contributed by atoms with E-state index in [1.165, 1.54) is 6.92 Å². The van der Waals surface area contributed by atoms with E-state index in [0.29, 0.717) is 35.0 Å². The van der Waals surface area contributed by atoms with Gasteiger partial charge in [0.1, 0.15) is 41.1 Å². The lowest BCUT2D eigenvalue weighted by Gasteiger charge is -2.28. The normalized spacial score (nSPS) is 14.8. The zero-order chi connectivity index (χ0) is 31.4. The van der Waals surface area contributed by atoms with E-state index in [4.69, 9.17) is 34.0 Å². The van der Waals surface area contributed by atoms with Crippen molar-refractivity contribution in [1.29, 1.82) is 0 Å². The maximum Gasteiger partial charge on any atom is 0.459 e. The maximum atomic E-state index is 14.3. The summed E-state index contributed by atoms with van der Waals surface area (Å²) in [5.41, 5.74) is 7.59. The number of fused-ring (bicyclic) bond motifs is 3. The highest BCUT2D eigenvalue weighted by Crippen LogP contribution is 2.47. The molecule has 0 aliphatic carbocycles. The number of rotatable bonds is 13. The Labute approximate surface area is 251 Å². The molecule has 0 fully saturated rings. The summed E-state index contributed by atoms with van der Waals surface area (Å²) in [6, 6.07) is 13.2. The van der Waals surface area contributed by atoms with Crippen molar-refractivity contribution in [2.75, 3.05) is 19.5 Å². The molecule has 13 heteroatoms. The first kappa shape index (κ1) is 32.2. The van der Waals surface area contributed by atoms with Crippen LogP contribution >= 0.6 is 7.75 Å². The predicted octanol–water partition coefficient (Wildman–Crippen LogP) is 5.62. The Morgan fingerprint density at radius 3 is 2.40 bits per heavy atom. The first-order chi connectivity index (χ1) is 20.3. The van der Waals surface area contributed by atoms with Crippen molar-refractivity contribution in [3.63, 3.8) is 0 Å². The van der Waals surface area contributed by atoms with Crippen LogP contribution in [-0.4, -0.2) is 52.0 Å². The summed E-state index contributed by atoms with van der Waals surface area (Å²) in [6.07, 6.45) is -0.701. The second-order valence-electron chi connectivity index (χ2n) is 11.1. The fourth-order valence-corrected chi connectivity index (χ4v) is 6.14. The number of nitrogen functional groups attached to an aromatic ring is 1. The lowest BCUT2D eigenvalue weighted by atomic mass is 10.2. The molecule has 12 nitrogen and oxygen atoms in total. The van der Waals surface area contributed by atoms with E-state index in [-0.39, 0.29) is 18.9 Å². The number of nitrogens with one attached hydrogen (secondary N) is 1. The summed E-state index contributed by atoms with van der Waals surface area (Å²) in [5, 5.41) is 3.60. The number of hydrogen-bond donors (Lipinski definition) is 2. The van der Waals surface area contributed by atoms with Gasteiger partial charge in [-0.05, 0) is 71.9 Å². The van der Waals surface area contributed by atoms with Crippen molar-refractivity contribution in [1.82, 2.24) is 19.6 Å². The third-order valence-electron chi connectivity index (χ3n) is 6.28. The number of aromatic nitrogens is 3. The van der Waals surface area contributed by atoms with Gasteiger partial charge in [0.25, 0.3) is 0 Å². The molecular formula is C30H40N5O7P. The van der Waals surface area contributed by atoms with Gasteiger partial charge >= 0.3 is 13.7 Å². The van der Waals surface area contributed by atoms with Crippen LogP contribution in [0.1, 0.15) is 47.4 Å². The molecule has 4 rings (SSSR count). The van der Waals surface area contributed by atoms with Crippen molar-refractivity contribution in [3.05, 3.63) is 54.4 Å². The number of ether oxygens (including phenoxy) is 3. The van der Waals surface area contributed by atoms with Crippen LogP contribution in [0.4, 0.5) is 5.82 Å². The van der Waals surface area contributed by atoms with E-state index >= 15 is 0 Å². The number of hydrogen-bond acceptors (Lipinski definition) is 10. The molecule has 4 aromatic rings. The van der Waals surface area contributed by atoms with Crippen molar-refractivity contribution < 1.29 is 32.6 Å². The van der Waals surface area contributed by atoms with Crippen LogP contribution in [0.5, 0.6) is 11.5 Å².